The quantitative estimate of drug-likeness (QED) is 0.614. The summed E-state index contributed by atoms with van der Waals surface area (Å²) >= 11 is 1.88. The summed E-state index contributed by atoms with van der Waals surface area (Å²) in [7, 11) is 0. The van der Waals surface area contributed by atoms with Gasteiger partial charge >= 0.3 is 0 Å². The molecule has 0 bridgehead atoms. The molecule has 0 saturated carbocycles. The monoisotopic (exact) mass is 261 g/mol. The summed E-state index contributed by atoms with van der Waals surface area (Å²) in [6.07, 6.45) is 1.86. The zero-order chi connectivity index (χ0) is 12.6. The molecule has 96 valence electrons. The highest BCUT2D eigenvalue weighted by molar-refractivity contribution is 7.99. The van der Waals surface area contributed by atoms with E-state index in [4.69, 9.17) is 0 Å². The Morgan fingerprint density at radius 3 is 2.83 bits per heavy atom. The molecule has 0 fully saturated rings. The molecule has 0 aliphatic heterocycles. The second-order valence-electron chi connectivity index (χ2n) is 3.98. The number of hydrogen-bond donors (Lipinski definition) is 1. The van der Waals surface area contributed by atoms with Gasteiger partial charge in [-0.1, -0.05) is 18.2 Å². The molecule has 18 heavy (non-hydrogen) atoms. The second kappa shape index (κ2) is 7.24. The van der Waals surface area contributed by atoms with Crippen molar-refractivity contribution < 1.29 is 0 Å². The van der Waals surface area contributed by atoms with Gasteiger partial charge in [-0.05, 0) is 25.1 Å². The van der Waals surface area contributed by atoms with E-state index in [1.807, 2.05) is 28.7 Å². The molecule has 1 aromatic carbocycles. The van der Waals surface area contributed by atoms with Crippen LogP contribution in [0.2, 0.25) is 0 Å². The smallest absolute Gasteiger partial charge is 0.0521 e. The molecule has 0 spiro atoms. The van der Waals surface area contributed by atoms with Crippen molar-refractivity contribution in [2.24, 2.45) is 0 Å². The minimum atomic E-state index is 0.892. The minimum Gasteiger partial charge on any atom is -0.310 e. The zero-order valence-electron chi connectivity index (χ0n) is 10.7. The molecule has 0 atom stereocenters. The number of nitrogens with one attached hydrogen (secondary N) is 1. The van der Waals surface area contributed by atoms with Crippen molar-refractivity contribution >= 4 is 11.8 Å². The van der Waals surface area contributed by atoms with Gasteiger partial charge in [-0.3, -0.25) is 4.68 Å². The van der Waals surface area contributed by atoms with Gasteiger partial charge in [0.15, 0.2) is 0 Å². The lowest BCUT2D eigenvalue weighted by Gasteiger charge is -2.06. The molecule has 1 aromatic heterocycles. The van der Waals surface area contributed by atoms with Crippen LogP contribution in [0, 0.1) is 0 Å². The van der Waals surface area contributed by atoms with Crippen LogP contribution in [-0.2, 0) is 13.1 Å². The van der Waals surface area contributed by atoms with E-state index in [1.54, 1.807) is 0 Å². The maximum atomic E-state index is 4.25. The van der Waals surface area contributed by atoms with Crippen LogP contribution in [0.25, 0.3) is 0 Å². The van der Waals surface area contributed by atoms with Gasteiger partial charge < -0.3 is 5.32 Å². The number of nitrogens with zero attached hydrogens (tertiary/aromatic N) is 2. The number of hydrogen-bond acceptors (Lipinski definition) is 3. The van der Waals surface area contributed by atoms with E-state index in [0.29, 0.717) is 0 Å². The van der Waals surface area contributed by atoms with Gasteiger partial charge in [0.1, 0.15) is 0 Å². The van der Waals surface area contributed by atoms with Gasteiger partial charge in [0, 0.05) is 36.5 Å². The van der Waals surface area contributed by atoms with Crippen LogP contribution in [0.1, 0.15) is 12.6 Å². The van der Waals surface area contributed by atoms with Crippen molar-refractivity contribution in [1.29, 1.82) is 0 Å². The van der Waals surface area contributed by atoms with Crippen molar-refractivity contribution in [2.75, 3.05) is 12.3 Å². The molecule has 0 aliphatic carbocycles. The number of benzene rings is 1. The largest absolute Gasteiger partial charge is 0.310 e. The topological polar surface area (TPSA) is 29.9 Å². The predicted molar refractivity (Wildman–Crippen MR) is 76.8 cm³/mol. The summed E-state index contributed by atoms with van der Waals surface area (Å²) < 4.78 is 2.03. The highest BCUT2D eigenvalue weighted by Crippen LogP contribution is 2.15. The van der Waals surface area contributed by atoms with Crippen LogP contribution in [0.5, 0.6) is 0 Å². The summed E-state index contributed by atoms with van der Waals surface area (Å²) in [5.41, 5.74) is 1.25. The van der Waals surface area contributed by atoms with E-state index in [9.17, 15) is 0 Å². The Morgan fingerprint density at radius 1 is 1.22 bits per heavy atom. The maximum absolute atomic E-state index is 4.25. The summed E-state index contributed by atoms with van der Waals surface area (Å²) in [6, 6.07) is 12.6. The maximum Gasteiger partial charge on any atom is 0.0521 e. The molecule has 4 heteroatoms. The fourth-order valence-corrected chi connectivity index (χ4v) is 2.60. The summed E-state index contributed by atoms with van der Waals surface area (Å²) in [5, 5.41) is 7.70. The fraction of sp³-hybridized carbons (Fsp3) is 0.357. The Hall–Kier alpha value is -1.26. The Morgan fingerprint density at radius 2 is 2.06 bits per heavy atom. The lowest BCUT2D eigenvalue weighted by molar-refractivity contribution is 0.591. The molecule has 1 N–H and O–H groups in total. The molecular formula is C14H19N3S. The standard InChI is InChI=1S/C14H19N3S/c1-2-17-13(8-9-16-17)12-15-10-11-18-14-6-4-3-5-7-14/h3-9,15H,2,10-12H2,1H3. The SMILES string of the molecule is CCn1nccc1CNCCSc1ccccc1. The van der Waals surface area contributed by atoms with Crippen LogP contribution >= 0.6 is 11.8 Å². The van der Waals surface area contributed by atoms with Crippen LogP contribution in [0.4, 0.5) is 0 Å². The van der Waals surface area contributed by atoms with Gasteiger partial charge in [0.05, 0.1) is 5.69 Å². The number of aromatic nitrogens is 2. The van der Waals surface area contributed by atoms with Crippen LogP contribution < -0.4 is 5.32 Å². The first kappa shape index (κ1) is 13.2. The van der Waals surface area contributed by atoms with Gasteiger partial charge in [-0.2, -0.15) is 5.10 Å². The molecule has 0 radical (unpaired) electrons. The molecule has 3 nitrogen and oxygen atoms in total. The summed E-state index contributed by atoms with van der Waals surface area (Å²) in [6.45, 7) is 4.95. The number of rotatable bonds is 7. The molecule has 0 unspecified atom stereocenters. The van der Waals surface area contributed by atoms with Crippen LogP contribution in [0.3, 0.4) is 0 Å². The molecule has 2 rings (SSSR count). The third-order valence-corrected chi connectivity index (χ3v) is 3.71. The highest BCUT2D eigenvalue weighted by Gasteiger charge is 1.99. The number of aryl methyl sites for hydroxylation is 1. The van der Waals surface area contributed by atoms with Crippen molar-refractivity contribution in [3.63, 3.8) is 0 Å². The molecule has 2 aromatic rings. The molecular weight excluding hydrogens is 242 g/mol. The van der Waals surface area contributed by atoms with Gasteiger partial charge in [0.2, 0.25) is 0 Å². The lowest BCUT2D eigenvalue weighted by atomic mass is 10.4. The van der Waals surface area contributed by atoms with Gasteiger partial charge in [-0.25, -0.2) is 0 Å². The van der Waals surface area contributed by atoms with Crippen molar-refractivity contribution in [2.45, 2.75) is 24.9 Å². The van der Waals surface area contributed by atoms with E-state index in [-0.39, 0.29) is 0 Å². The minimum absolute atomic E-state index is 0.892. The fourth-order valence-electron chi connectivity index (χ4n) is 1.77. The Kier molecular flexibility index (Phi) is 5.30. The number of thioether (sulfide) groups is 1. The molecule has 0 saturated heterocycles. The Balaban J connectivity index is 1.65. The van der Waals surface area contributed by atoms with E-state index in [0.717, 1.165) is 25.4 Å². The predicted octanol–water partition coefficient (Wildman–Crippen LogP) is 2.78. The van der Waals surface area contributed by atoms with Crippen LogP contribution in [-0.4, -0.2) is 22.1 Å². The summed E-state index contributed by atoms with van der Waals surface area (Å²) in [4.78, 5) is 1.33. The average molecular weight is 261 g/mol. The third kappa shape index (κ3) is 3.89. The van der Waals surface area contributed by atoms with E-state index >= 15 is 0 Å². The first-order chi connectivity index (χ1) is 8.90. The Labute approximate surface area is 113 Å². The van der Waals surface area contributed by atoms with E-state index in [1.165, 1.54) is 10.6 Å². The highest BCUT2D eigenvalue weighted by atomic mass is 32.2. The lowest BCUT2D eigenvalue weighted by Crippen LogP contribution is -2.19. The van der Waals surface area contributed by atoms with Crippen molar-refractivity contribution in [3.05, 3.63) is 48.3 Å². The van der Waals surface area contributed by atoms with Crippen LogP contribution in [0.15, 0.2) is 47.5 Å². The third-order valence-electron chi connectivity index (χ3n) is 2.70. The molecule has 0 amide bonds. The van der Waals surface area contributed by atoms with Gasteiger partial charge in [0.25, 0.3) is 0 Å². The normalized spacial score (nSPS) is 10.7. The first-order valence-electron chi connectivity index (χ1n) is 6.29. The average Bonchev–Trinajstić information content (AvgIpc) is 2.87. The second-order valence-corrected chi connectivity index (χ2v) is 5.14. The zero-order valence-corrected chi connectivity index (χ0v) is 11.5. The molecule has 0 aliphatic rings. The Bertz CT molecular complexity index is 453. The van der Waals surface area contributed by atoms with E-state index < -0.39 is 0 Å². The van der Waals surface area contributed by atoms with Crippen molar-refractivity contribution in [1.82, 2.24) is 15.1 Å². The summed E-state index contributed by atoms with van der Waals surface area (Å²) in [5.74, 6) is 1.09. The molecule has 1 heterocycles. The first-order valence-corrected chi connectivity index (χ1v) is 7.28. The van der Waals surface area contributed by atoms with Gasteiger partial charge in [-0.15, -0.1) is 11.8 Å². The van der Waals surface area contributed by atoms with Crippen molar-refractivity contribution in [3.8, 4) is 0 Å². The van der Waals surface area contributed by atoms with E-state index in [2.05, 4.69) is 47.7 Å².